The Morgan fingerprint density at radius 1 is 0.309 bits per heavy atom. The van der Waals surface area contributed by atoms with Gasteiger partial charge >= 0.3 is 0 Å². The van der Waals surface area contributed by atoms with E-state index in [0.29, 0.717) is 17.5 Å². The lowest BCUT2D eigenvalue weighted by atomic mass is 10.1. The van der Waals surface area contributed by atoms with Crippen LogP contribution in [0.5, 0.6) is 0 Å². The van der Waals surface area contributed by atoms with Crippen molar-refractivity contribution in [2.45, 2.75) is 7.43 Å². The quantitative estimate of drug-likeness (QED) is 0.182. The number of hydrogen-bond donors (Lipinski definition) is 1. The molecule has 12 aromatic rings. The zero-order valence-corrected chi connectivity index (χ0v) is 39.3. The molecule has 0 bridgehead atoms. The number of aromatic nitrogens is 8. The smallest absolute Gasteiger partial charge is 0.227 e. The average Bonchev–Trinajstić information content (AvgIpc) is 3.88. The number of para-hydroxylation sites is 4. The van der Waals surface area contributed by atoms with Crippen LogP contribution in [0.4, 0.5) is 0 Å². The molecule has 0 aliphatic carbocycles. The van der Waals surface area contributed by atoms with Gasteiger partial charge in [-0.25, -0.2) is 4.98 Å². The second-order valence-electron chi connectivity index (χ2n) is 14.9. The van der Waals surface area contributed by atoms with E-state index in [2.05, 4.69) is 188 Å². The molecule has 8 aromatic carbocycles. The largest absolute Gasteiger partial charge is 0.344 e. The molecule has 334 valence electrons. The van der Waals surface area contributed by atoms with E-state index in [9.17, 15) is 0 Å². The third-order valence-corrected chi connectivity index (χ3v) is 11.9. The normalized spacial score (nSPS) is 10.7. The molecule has 0 radical (unpaired) electrons. The van der Waals surface area contributed by atoms with Gasteiger partial charge in [0, 0.05) is 54.1 Å². The maximum absolute atomic E-state index is 6.23. The van der Waals surface area contributed by atoms with Crippen molar-refractivity contribution in [3.8, 4) is 45.5 Å². The van der Waals surface area contributed by atoms with E-state index in [4.69, 9.17) is 34.8 Å². The molecule has 3 N–H and O–H groups in total. The molecule has 0 fully saturated rings. The molecule has 0 atom stereocenters. The summed E-state index contributed by atoms with van der Waals surface area (Å²) in [5.41, 5.74) is 9.76. The van der Waals surface area contributed by atoms with Gasteiger partial charge < -0.3 is 15.3 Å². The molecule has 0 aliphatic heterocycles. The van der Waals surface area contributed by atoms with Crippen LogP contribution in [-0.2, 0) is 0 Å². The lowest BCUT2D eigenvalue weighted by molar-refractivity contribution is 1.06. The van der Waals surface area contributed by atoms with Crippen LogP contribution in [0.25, 0.3) is 89.2 Å². The van der Waals surface area contributed by atoms with Gasteiger partial charge in [0.2, 0.25) is 15.9 Å². The first-order chi connectivity index (χ1) is 32.4. The fourth-order valence-electron chi connectivity index (χ4n) is 7.99. The highest BCUT2D eigenvalue weighted by Crippen LogP contribution is 2.34. The standard InChI is InChI=1S/C27H17ClN4.C18H12BrN.C9H5Cl2N3.CH4.H3N/c28-27-30-25(18-8-2-1-3-9-18)29-26(31-27)19-14-16-20(17-15-19)32-23-12-6-4-10-21(23)22-11-5-7-13-24(22)32;19-13-9-11-14(12-10-13)20-17-7-3-1-5-15(17)16-6-2-4-8-18(16)20;10-8-12-7(13-9(11)14-8)6-4-2-1-3-5-6;;/h1-17H;1-12H;1-5H;1H4;1H3. The summed E-state index contributed by atoms with van der Waals surface area (Å²) >= 11 is 21.0. The number of rotatable bonds is 5. The summed E-state index contributed by atoms with van der Waals surface area (Å²) in [6.45, 7) is 0. The zero-order valence-electron chi connectivity index (χ0n) is 35.4. The van der Waals surface area contributed by atoms with Gasteiger partial charge in [0.15, 0.2) is 17.5 Å². The molecule has 0 spiro atoms. The first kappa shape index (κ1) is 47.2. The van der Waals surface area contributed by atoms with Crippen molar-refractivity contribution in [1.29, 1.82) is 0 Å². The molecule has 0 amide bonds. The first-order valence-electron chi connectivity index (χ1n) is 20.8. The second kappa shape index (κ2) is 21.1. The van der Waals surface area contributed by atoms with Crippen molar-refractivity contribution in [3.63, 3.8) is 0 Å². The molecule has 9 nitrogen and oxygen atoms in total. The minimum absolute atomic E-state index is 0. The van der Waals surface area contributed by atoms with Crippen LogP contribution < -0.4 is 6.15 Å². The predicted octanol–water partition coefficient (Wildman–Crippen LogP) is 16.1. The molecule has 4 heterocycles. The third-order valence-electron chi connectivity index (χ3n) is 10.9. The van der Waals surface area contributed by atoms with Crippen molar-refractivity contribution in [3.05, 3.63) is 227 Å². The molecular formula is C55H41BrCl3N9. The van der Waals surface area contributed by atoms with Crippen molar-refractivity contribution in [2.24, 2.45) is 0 Å². The van der Waals surface area contributed by atoms with Gasteiger partial charge in [0.05, 0.1) is 22.1 Å². The summed E-state index contributed by atoms with van der Waals surface area (Å²) in [6.07, 6.45) is 0. The van der Waals surface area contributed by atoms with Crippen LogP contribution in [0.1, 0.15) is 7.43 Å². The molecular weight excluding hydrogens is 973 g/mol. The predicted molar refractivity (Wildman–Crippen MR) is 286 cm³/mol. The minimum Gasteiger partial charge on any atom is -0.344 e. The molecule has 12 rings (SSSR count). The minimum atomic E-state index is 0. The van der Waals surface area contributed by atoms with Crippen molar-refractivity contribution < 1.29 is 0 Å². The first-order valence-corrected chi connectivity index (χ1v) is 22.7. The molecule has 68 heavy (non-hydrogen) atoms. The van der Waals surface area contributed by atoms with Crippen LogP contribution in [0.2, 0.25) is 15.9 Å². The lowest BCUT2D eigenvalue weighted by Gasteiger charge is -2.09. The molecule has 13 heteroatoms. The van der Waals surface area contributed by atoms with Crippen LogP contribution in [0.15, 0.2) is 211 Å². The number of benzene rings is 8. The second-order valence-corrected chi connectivity index (χ2v) is 16.9. The number of hydrogen-bond acceptors (Lipinski definition) is 7. The van der Waals surface area contributed by atoms with E-state index >= 15 is 0 Å². The van der Waals surface area contributed by atoms with Gasteiger partial charge in [-0.3, -0.25) is 0 Å². The highest BCUT2D eigenvalue weighted by Gasteiger charge is 2.14. The van der Waals surface area contributed by atoms with E-state index in [-0.39, 0.29) is 29.4 Å². The molecule has 0 aliphatic rings. The fraction of sp³-hybridized carbons (Fsp3) is 0.0182. The SMILES string of the molecule is Brc1ccc(-n2c3ccccc3c3ccccc32)cc1.C.Clc1nc(-c2ccccc2)nc(-c2ccc(-n3c4ccccc4c4ccccc43)cc2)n1.Clc1nc(Cl)nc(-c2ccccc2)n1.N. The Morgan fingerprint density at radius 3 is 0.956 bits per heavy atom. The highest BCUT2D eigenvalue weighted by atomic mass is 79.9. The Bertz CT molecular complexity index is 3520. The van der Waals surface area contributed by atoms with Gasteiger partial charge in [-0.05, 0) is 108 Å². The van der Waals surface area contributed by atoms with E-state index < -0.39 is 0 Å². The Hall–Kier alpha value is -7.31. The Balaban J connectivity index is 0.000000149. The van der Waals surface area contributed by atoms with Crippen LogP contribution in [0.3, 0.4) is 0 Å². The Morgan fingerprint density at radius 2 is 0.588 bits per heavy atom. The third kappa shape index (κ3) is 9.87. The average molecular weight is 1010 g/mol. The molecule has 0 unspecified atom stereocenters. The summed E-state index contributed by atoms with van der Waals surface area (Å²) in [5, 5.41) is 5.46. The summed E-state index contributed by atoms with van der Waals surface area (Å²) in [7, 11) is 0. The number of fused-ring (bicyclic) bond motifs is 6. The fourth-order valence-corrected chi connectivity index (χ4v) is 8.78. The van der Waals surface area contributed by atoms with E-state index in [0.717, 1.165) is 26.9 Å². The topological polar surface area (TPSA) is 122 Å². The zero-order chi connectivity index (χ0) is 45.0. The van der Waals surface area contributed by atoms with Gasteiger partial charge in [0.25, 0.3) is 0 Å². The van der Waals surface area contributed by atoms with Crippen LogP contribution >= 0.6 is 50.7 Å². The van der Waals surface area contributed by atoms with Crippen molar-refractivity contribution in [2.75, 3.05) is 0 Å². The number of halogens is 4. The van der Waals surface area contributed by atoms with Gasteiger partial charge in [-0.15, -0.1) is 0 Å². The molecule has 0 saturated heterocycles. The summed E-state index contributed by atoms with van der Waals surface area (Å²) in [6, 6.07) is 70.0. The Kier molecular flexibility index (Phi) is 14.7. The maximum atomic E-state index is 6.23. The Labute approximate surface area is 416 Å². The van der Waals surface area contributed by atoms with Crippen LogP contribution in [-0.4, -0.2) is 39.0 Å². The summed E-state index contributed by atoms with van der Waals surface area (Å²) < 4.78 is 5.70. The van der Waals surface area contributed by atoms with E-state index in [1.54, 1.807) is 0 Å². The van der Waals surface area contributed by atoms with Gasteiger partial charge in [-0.2, -0.15) is 24.9 Å². The monoisotopic (exact) mass is 1010 g/mol. The summed E-state index contributed by atoms with van der Waals surface area (Å²) in [5.74, 6) is 1.60. The summed E-state index contributed by atoms with van der Waals surface area (Å²) in [4.78, 5) is 24.9. The maximum Gasteiger partial charge on any atom is 0.227 e. The van der Waals surface area contributed by atoms with E-state index in [1.807, 2.05) is 72.8 Å². The van der Waals surface area contributed by atoms with Crippen molar-refractivity contribution in [1.82, 2.24) is 45.2 Å². The van der Waals surface area contributed by atoms with E-state index in [1.165, 1.54) is 49.3 Å². The highest BCUT2D eigenvalue weighted by molar-refractivity contribution is 9.10. The van der Waals surface area contributed by atoms with Gasteiger partial charge in [-0.1, -0.05) is 157 Å². The van der Waals surface area contributed by atoms with Gasteiger partial charge in [0.1, 0.15) is 0 Å². The molecule has 4 aromatic heterocycles. The molecule has 0 saturated carbocycles. The van der Waals surface area contributed by atoms with Crippen molar-refractivity contribution >= 4 is 94.3 Å². The number of nitrogens with zero attached hydrogens (tertiary/aromatic N) is 8. The van der Waals surface area contributed by atoms with Crippen LogP contribution in [0, 0.1) is 0 Å². The lowest BCUT2D eigenvalue weighted by Crippen LogP contribution is -1.98.